The molecule has 4 heteroatoms. The van der Waals surface area contributed by atoms with Crippen molar-refractivity contribution in [2.45, 2.75) is 0 Å². The number of hydrogen-bond acceptors (Lipinski definition) is 4. The molecular formula is C46H28N2O2. The second-order valence-corrected chi connectivity index (χ2v) is 12.5. The molecule has 10 aromatic rings. The molecule has 50 heavy (non-hydrogen) atoms. The van der Waals surface area contributed by atoms with Gasteiger partial charge in [-0.2, -0.15) is 0 Å². The monoisotopic (exact) mass is 640 g/mol. The van der Waals surface area contributed by atoms with Crippen molar-refractivity contribution in [2.24, 2.45) is 0 Å². The Labute approximate surface area is 287 Å². The zero-order chi connectivity index (χ0) is 33.0. The molecule has 0 radical (unpaired) electrons. The van der Waals surface area contributed by atoms with E-state index in [1.807, 2.05) is 60.7 Å². The summed E-state index contributed by atoms with van der Waals surface area (Å²) < 4.78 is 13.0. The number of para-hydroxylation sites is 3. The van der Waals surface area contributed by atoms with Gasteiger partial charge in [-0.15, -0.1) is 0 Å². The minimum Gasteiger partial charge on any atom is -0.456 e. The van der Waals surface area contributed by atoms with Gasteiger partial charge in [0, 0.05) is 49.4 Å². The van der Waals surface area contributed by atoms with Crippen LogP contribution in [0.3, 0.4) is 0 Å². The molecule has 0 aliphatic rings. The van der Waals surface area contributed by atoms with Gasteiger partial charge in [-0.05, 0) is 35.4 Å². The van der Waals surface area contributed by atoms with E-state index in [1.165, 1.54) is 0 Å². The normalized spacial score (nSPS) is 11.6. The molecule has 0 saturated heterocycles. The lowest BCUT2D eigenvalue weighted by Gasteiger charge is -2.14. The maximum Gasteiger partial charge on any atom is 0.160 e. The summed E-state index contributed by atoms with van der Waals surface area (Å²) in [5.41, 5.74) is 12.5. The van der Waals surface area contributed by atoms with Crippen LogP contribution in [-0.2, 0) is 0 Å². The summed E-state index contributed by atoms with van der Waals surface area (Å²) >= 11 is 0. The molecule has 0 unspecified atom stereocenters. The average Bonchev–Trinajstić information content (AvgIpc) is 3.77. The van der Waals surface area contributed by atoms with Gasteiger partial charge in [0.25, 0.3) is 0 Å². The number of fused-ring (bicyclic) bond motifs is 6. The number of rotatable bonds is 5. The maximum absolute atomic E-state index is 6.59. The van der Waals surface area contributed by atoms with Crippen LogP contribution in [0.5, 0.6) is 0 Å². The molecule has 0 aliphatic heterocycles. The van der Waals surface area contributed by atoms with E-state index >= 15 is 0 Å². The Morgan fingerprint density at radius 3 is 1.64 bits per heavy atom. The first kappa shape index (κ1) is 28.3. The smallest absolute Gasteiger partial charge is 0.160 e. The summed E-state index contributed by atoms with van der Waals surface area (Å²) in [5.74, 6) is 0.681. The van der Waals surface area contributed by atoms with Crippen LogP contribution in [-0.4, -0.2) is 9.97 Å². The fourth-order valence-electron chi connectivity index (χ4n) is 7.17. The zero-order valence-electron chi connectivity index (χ0n) is 26.9. The molecule has 0 N–H and O–H groups in total. The minimum absolute atomic E-state index is 0.681. The van der Waals surface area contributed by atoms with Gasteiger partial charge in [0.05, 0.1) is 11.4 Å². The molecule has 0 bridgehead atoms. The van der Waals surface area contributed by atoms with Gasteiger partial charge >= 0.3 is 0 Å². The lowest BCUT2D eigenvalue weighted by molar-refractivity contribution is 0.669. The summed E-state index contributed by atoms with van der Waals surface area (Å²) in [6.45, 7) is 0. The van der Waals surface area contributed by atoms with Crippen LogP contribution in [0.15, 0.2) is 179 Å². The van der Waals surface area contributed by atoms with Crippen LogP contribution in [0.4, 0.5) is 0 Å². The lowest BCUT2D eigenvalue weighted by Crippen LogP contribution is -1.96. The number of aromatic nitrogens is 2. The predicted molar refractivity (Wildman–Crippen MR) is 204 cm³/mol. The van der Waals surface area contributed by atoms with Gasteiger partial charge in [0.2, 0.25) is 0 Å². The Bertz CT molecular complexity index is 2790. The van der Waals surface area contributed by atoms with Crippen LogP contribution in [0.2, 0.25) is 0 Å². The van der Waals surface area contributed by atoms with Crippen LogP contribution in [0, 0.1) is 0 Å². The highest BCUT2D eigenvalue weighted by molar-refractivity contribution is 6.20. The third-order valence-electron chi connectivity index (χ3n) is 9.54. The maximum atomic E-state index is 6.59. The van der Waals surface area contributed by atoms with Crippen LogP contribution in [0.25, 0.3) is 100 Å². The third kappa shape index (κ3) is 4.61. The van der Waals surface area contributed by atoms with E-state index in [0.29, 0.717) is 5.82 Å². The number of benzene rings is 7. The number of hydrogen-bond donors (Lipinski definition) is 0. The number of nitrogens with zero attached hydrogens (tertiary/aromatic N) is 2. The van der Waals surface area contributed by atoms with Crippen molar-refractivity contribution in [3.8, 4) is 56.2 Å². The SMILES string of the molecule is c1ccc(-c2cc(-c3ccccc3)nc(-c3ccc(-c4ccc5oc6ccccc6c5c4-c4cccc5c4oc4ccccc45)cc3)n2)cc1. The van der Waals surface area contributed by atoms with Crippen molar-refractivity contribution in [2.75, 3.05) is 0 Å². The Balaban J connectivity index is 1.17. The molecule has 0 saturated carbocycles. The fourth-order valence-corrected chi connectivity index (χ4v) is 7.17. The van der Waals surface area contributed by atoms with Gasteiger partial charge in [-0.1, -0.05) is 146 Å². The molecule has 10 rings (SSSR count). The van der Waals surface area contributed by atoms with E-state index in [9.17, 15) is 0 Å². The molecule has 0 amide bonds. The van der Waals surface area contributed by atoms with Crippen molar-refractivity contribution in [1.29, 1.82) is 0 Å². The van der Waals surface area contributed by atoms with E-state index < -0.39 is 0 Å². The second-order valence-electron chi connectivity index (χ2n) is 12.5. The van der Waals surface area contributed by atoms with Gasteiger partial charge in [-0.25, -0.2) is 9.97 Å². The molecular weight excluding hydrogens is 613 g/mol. The Kier molecular flexibility index (Phi) is 6.46. The molecule has 0 spiro atoms. The largest absolute Gasteiger partial charge is 0.456 e. The first-order valence-electron chi connectivity index (χ1n) is 16.7. The minimum atomic E-state index is 0.681. The van der Waals surface area contributed by atoms with Crippen molar-refractivity contribution >= 4 is 43.9 Å². The molecule has 3 aromatic heterocycles. The van der Waals surface area contributed by atoms with Crippen molar-refractivity contribution in [3.63, 3.8) is 0 Å². The highest BCUT2D eigenvalue weighted by Gasteiger charge is 2.21. The second kappa shape index (κ2) is 11.4. The Morgan fingerprint density at radius 1 is 0.360 bits per heavy atom. The summed E-state index contributed by atoms with van der Waals surface area (Å²) in [4.78, 5) is 10.1. The van der Waals surface area contributed by atoms with Crippen LogP contribution in [0.1, 0.15) is 0 Å². The van der Waals surface area contributed by atoms with E-state index in [4.69, 9.17) is 18.8 Å². The number of furan rings is 2. The van der Waals surface area contributed by atoms with E-state index in [1.54, 1.807) is 0 Å². The topological polar surface area (TPSA) is 52.1 Å². The highest BCUT2D eigenvalue weighted by atomic mass is 16.3. The van der Waals surface area contributed by atoms with Crippen molar-refractivity contribution in [3.05, 3.63) is 170 Å². The third-order valence-corrected chi connectivity index (χ3v) is 9.54. The van der Waals surface area contributed by atoms with Crippen molar-refractivity contribution in [1.82, 2.24) is 9.97 Å². The quantitative estimate of drug-likeness (QED) is 0.188. The first-order chi connectivity index (χ1) is 24.8. The predicted octanol–water partition coefficient (Wildman–Crippen LogP) is 12.6. The van der Waals surface area contributed by atoms with Gasteiger partial charge in [-0.3, -0.25) is 0 Å². The Hall–Kier alpha value is -6.78. The van der Waals surface area contributed by atoms with Crippen LogP contribution < -0.4 is 0 Å². The molecule has 4 nitrogen and oxygen atoms in total. The van der Waals surface area contributed by atoms with Crippen LogP contribution >= 0.6 is 0 Å². The van der Waals surface area contributed by atoms with E-state index in [0.717, 1.165) is 94.2 Å². The standard InChI is InChI=1S/C46H28N2O2/c1-3-12-30(13-4-1)38-28-39(31-14-5-2-6-15-31)48-46(47-38)32-24-22-29(23-25-32)33-26-27-42-44(36-17-8-10-21-41(36)49-42)43(33)37-19-11-18-35-34-16-7-9-20-40(34)50-45(35)37/h1-28H. The van der Waals surface area contributed by atoms with Gasteiger partial charge in [0.1, 0.15) is 22.3 Å². The molecule has 0 aliphatic carbocycles. The summed E-state index contributed by atoms with van der Waals surface area (Å²) in [7, 11) is 0. The lowest BCUT2D eigenvalue weighted by atomic mass is 9.89. The summed E-state index contributed by atoms with van der Waals surface area (Å²) in [5, 5.41) is 4.34. The van der Waals surface area contributed by atoms with Crippen molar-refractivity contribution < 1.29 is 8.83 Å². The van der Waals surface area contributed by atoms with Gasteiger partial charge in [0.15, 0.2) is 5.82 Å². The van der Waals surface area contributed by atoms with E-state index in [2.05, 4.69) is 109 Å². The summed E-state index contributed by atoms with van der Waals surface area (Å²) in [6.07, 6.45) is 0. The zero-order valence-corrected chi connectivity index (χ0v) is 26.9. The summed E-state index contributed by atoms with van der Waals surface area (Å²) in [6, 6.07) is 58.3. The first-order valence-corrected chi connectivity index (χ1v) is 16.7. The molecule has 7 aromatic carbocycles. The Morgan fingerprint density at radius 2 is 0.940 bits per heavy atom. The fraction of sp³-hybridized carbons (Fsp3) is 0. The molecule has 0 fully saturated rings. The highest BCUT2D eigenvalue weighted by Crippen LogP contribution is 2.46. The molecule has 234 valence electrons. The van der Waals surface area contributed by atoms with Gasteiger partial charge < -0.3 is 8.83 Å². The average molecular weight is 641 g/mol. The van der Waals surface area contributed by atoms with E-state index in [-0.39, 0.29) is 0 Å². The molecule has 0 atom stereocenters. The molecule has 3 heterocycles.